The van der Waals surface area contributed by atoms with Crippen LogP contribution in [-0.4, -0.2) is 80.6 Å². The lowest BCUT2D eigenvalue weighted by Gasteiger charge is -2.25. The van der Waals surface area contributed by atoms with Crippen molar-refractivity contribution in [2.24, 2.45) is 17.4 Å². The molecule has 0 bridgehead atoms. The van der Waals surface area contributed by atoms with E-state index in [9.17, 15) is 34.2 Å². The Kier molecular flexibility index (Phi) is 11.7. The second-order valence-corrected chi connectivity index (χ2v) is 7.91. The monoisotopic (exact) mass is 483 g/mol. The molecule has 0 aliphatic rings. The second-order valence-electron chi connectivity index (χ2n) is 7.91. The van der Waals surface area contributed by atoms with E-state index >= 15 is 0 Å². The summed E-state index contributed by atoms with van der Waals surface area (Å²) in [5.74, 6) is -4.73. The van der Waals surface area contributed by atoms with E-state index in [2.05, 4.69) is 25.9 Å². The average molecular weight is 484 g/mol. The van der Waals surface area contributed by atoms with Gasteiger partial charge in [0.1, 0.15) is 18.1 Å². The Morgan fingerprint density at radius 3 is 2.21 bits per heavy atom. The van der Waals surface area contributed by atoms with E-state index in [1.54, 1.807) is 13.8 Å². The maximum absolute atomic E-state index is 12.9. The van der Waals surface area contributed by atoms with Crippen molar-refractivity contribution in [3.63, 3.8) is 0 Å². The van der Waals surface area contributed by atoms with Gasteiger partial charge in [-0.2, -0.15) is 0 Å². The molecule has 0 saturated carbocycles. The number of rotatable bonds is 15. The van der Waals surface area contributed by atoms with Crippen molar-refractivity contribution in [2.45, 2.75) is 63.7 Å². The third-order valence-corrected chi connectivity index (χ3v) is 5.24. The molecule has 0 aliphatic carbocycles. The summed E-state index contributed by atoms with van der Waals surface area (Å²) in [7, 11) is 0. The van der Waals surface area contributed by atoms with Crippen LogP contribution < -0.4 is 27.4 Å². The normalized spacial score (nSPS) is 15.3. The van der Waals surface area contributed by atoms with Crippen LogP contribution in [0.1, 0.15) is 38.8 Å². The molecule has 0 radical (unpaired) electrons. The summed E-state index contributed by atoms with van der Waals surface area (Å²) in [6.45, 7) is 2.59. The van der Waals surface area contributed by atoms with E-state index in [-0.39, 0.29) is 19.3 Å². The molecule has 4 amide bonds. The van der Waals surface area contributed by atoms with Gasteiger partial charge in [0.05, 0.1) is 19.0 Å². The van der Waals surface area contributed by atoms with Crippen molar-refractivity contribution in [2.75, 3.05) is 6.61 Å². The number of aliphatic hydroxyl groups is 1. The first-order chi connectivity index (χ1) is 16.0. The molecule has 0 aromatic carbocycles. The number of nitrogens with two attached hydrogens (primary N) is 2. The number of amides is 4. The van der Waals surface area contributed by atoms with Crippen LogP contribution in [0.2, 0.25) is 0 Å². The lowest BCUT2D eigenvalue weighted by atomic mass is 9.99. The van der Waals surface area contributed by atoms with Crippen molar-refractivity contribution in [1.29, 1.82) is 0 Å². The highest BCUT2D eigenvalue weighted by Gasteiger charge is 2.32. The first-order valence-electron chi connectivity index (χ1n) is 10.8. The summed E-state index contributed by atoms with van der Waals surface area (Å²) in [5, 5.41) is 26.1. The number of hydrogen-bond donors (Lipinski definition) is 8. The minimum absolute atomic E-state index is 0.0343. The molecule has 5 unspecified atom stereocenters. The van der Waals surface area contributed by atoms with Crippen molar-refractivity contribution in [1.82, 2.24) is 25.9 Å². The lowest BCUT2D eigenvalue weighted by Crippen LogP contribution is -2.59. The minimum Gasteiger partial charge on any atom is -0.480 e. The Bertz CT molecular complexity index is 846. The van der Waals surface area contributed by atoms with Gasteiger partial charge in [-0.15, -0.1) is 0 Å². The van der Waals surface area contributed by atoms with Crippen LogP contribution in [0.3, 0.4) is 0 Å². The molecule has 190 valence electrons. The van der Waals surface area contributed by atoms with Crippen LogP contribution in [0, 0.1) is 5.92 Å². The summed E-state index contributed by atoms with van der Waals surface area (Å²) in [5.41, 5.74) is 11.3. The largest absolute Gasteiger partial charge is 0.480 e. The van der Waals surface area contributed by atoms with Gasteiger partial charge in [0.25, 0.3) is 0 Å². The Hall–Kier alpha value is -3.52. The number of primary amides is 1. The van der Waals surface area contributed by atoms with Crippen LogP contribution in [-0.2, 0) is 30.4 Å². The summed E-state index contributed by atoms with van der Waals surface area (Å²) < 4.78 is 0. The molecule has 5 atom stereocenters. The molecule has 0 spiro atoms. The van der Waals surface area contributed by atoms with E-state index in [1.165, 1.54) is 12.5 Å². The number of nitrogens with zero attached hydrogens (tertiary/aromatic N) is 1. The van der Waals surface area contributed by atoms with Crippen LogP contribution in [0.15, 0.2) is 12.5 Å². The Balaban J connectivity index is 2.93. The Morgan fingerprint density at radius 2 is 1.71 bits per heavy atom. The predicted molar refractivity (Wildman–Crippen MR) is 119 cm³/mol. The molecular formula is C20H33N7O7. The number of carbonyl (C=O) groups excluding carboxylic acids is 4. The molecule has 1 heterocycles. The highest BCUT2D eigenvalue weighted by molar-refractivity contribution is 5.94. The number of hydrogen-bond acceptors (Lipinski definition) is 8. The third kappa shape index (κ3) is 9.15. The van der Waals surface area contributed by atoms with Crippen molar-refractivity contribution in [3.05, 3.63) is 18.2 Å². The highest BCUT2D eigenvalue weighted by atomic mass is 16.4. The van der Waals surface area contributed by atoms with Crippen molar-refractivity contribution < 1.29 is 34.2 Å². The lowest BCUT2D eigenvalue weighted by molar-refractivity contribution is -0.144. The fraction of sp³-hybridized carbons (Fsp3) is 0.600. The molecule has 0 saturated heterocycles. The second kappa shape index (κ2) is 13.9. The van der Waals surface area contributed by atoms with Gasteiger partial charge in [-0.3, -0.25) is 19.2 Å². The summed E-state index contributed by atoms with van der Waals surface area (Å²) in [6, 6.07) is -5.03. The highest BCUT2D eigenvalue weighted by Crippen LogP contribution is 2.08. The number of aliphatic carboxylic acids is 1. The summed E-state index contributed by atoms with van der Waals surface area (Å²) in [4.78, 5) is 66.9. The number of aromatic nitrogens is 2. The topological polar surface area (TPSA) is 243 Å². The molecule has 14 heteroatoms. The van der Waals surface area contributed by atoms with E-state index in [4.69, 9.17) is 11.5 Å². The van der Waals surface area contributed by atoms with Crippen LogP contribution in [0.4, 0.5) is 0 Å². The summed E-state index contributed by atoms with van der Waals surface area (Å²) >= 11 is 0. The molecule has 34 heavy (non-hydrogen) atoms. The molecular weight excluding hydrogens is 450 g/mol. The zero-order valence-electron chi connectivity index (χ0n) is 19.1. The van der Waals surface area contributed by atoms with Crippen molar-refractivity contribution in [3.8, 4) is 0 Å². The van der Waals surface area contributed by atoms with Gasteiger partial charge in [0.2, 0.25) is 23.6 Å². The van der Waals surface area contributed by atoms with E-state index in [0.717, 1.165) is 0 Å². The van der Waals surface area contributed by atoms with Gasteiger partial charge in [0.15, 0.2) is 0 Å². The zero-order chi connectivity index (χ0) is 25.8. The van der Waals surface area contributed by atoms with Gasteiger partial charge in [-0.25, -0.2) is 9.78 Å². The number of carbonyl (C=O) groups is 5. The van der Waals surface area contributed by atoms with Crippen molar-refractivity contribution >= 4 is 29.6 Å². The van der Waals surface area contributed by atoms with Gasteiger partial charge in [0, 0.05) is 24.7 Å². The standard InChI is InChI=1S/C20H33N7O7/c1-3-10(2)16(20(33)34)27-19(32)14(8-28)26-18(31)13(6-11-7-23-9-24-11)25-17(30)12(21)4-5-15(22)29/h7,9-10,12-14,16,28H,3-6,8,21H2,1-2H3,(H2,22,29)(H,23,24)(H,25,30)(H,26,31)(H,27,32)(H,33,34). The fourth-order valence-electron chi connectivity index (χ4n) is 2.94. The number of carboxylic acid groups (broad SMARTS) is 1. The van der Waals surface area contributed by atoms with E-state index in [1.807, 2.05) is 0 Å². The number of aromatic amines is 1. The molecule has 0 aliphatic heterocycles. The maximum Gasteiger partial charge on any atom is 0.326 e. The van der Waals surface area contributed by atoms with E-state index < -0.39 is 66.3 Å². The first kappa shape index (κ1) is 28.5. The fourth-order valence-corrected chi connectivity index (χ4v) is 2.94. The van der Waals surface area contributed by atoms with Gasteiger partial charge in [-0.1, -0.05) is 20.3 Å². The number of nitrogens with one attached hydrogen (secondary N) is 4. The predicted octanol–water partition coefficient (Wildman–Crippen LogP) is -2.88. The number of carboxylic acids is 1. The third-order valence-electron chi connectivity index (χ3n) is 5.24. The SMILES string of the molecule is CCC(C)C(NC(=O)C(CO)NC(=O)C(Cc1cnc[nH]1)NC(=O)C(N)CCC(N)=O)C(=O)O. The van der Waals surface area contributed by atoms with Gasteiger partial charge in [-0.05, 0) is 12.3 Å². The number of H-pyrrole nitrogens is 1. The van der Waals surface area contributed by atoms with E-state index in [0.29, 0.717) is 12.1 Å². The molecule has 1 rings (SSSR count). The maximum atomic E-state index is 12.9. The summed E-state index contributed by atoms with van der Waals surface area (Å²) in [6.07, 6.45) is 3.06. The zero-order valence-corrected chi connectivity index (χ0v) is 19.1. The molecule has 10 N–H and O–H groups in total. The smallest absolute Gasteiger partial charge is 0.326 e. The minimum atomic E-state index is -1.47. The van der Waals surface area contributed by atoms with Crippen LogP contribution >= 0.6 is 0 Å². The average Bonchev–Trinajstić information content (AvgIpc) is 3.30. The number of aliphatic hydroxyl groups excluding tert-OH is 1. The molecule has 1 aromatic rings. The Morgan fingerprint density at radius 1 is 1.09 bits per heavy atom. The first-order valence-corrected chi connectivity index (χ1v) is 10.8. The van der Waals surface area contributed by atoms with Crippen LogP contribution in [0.5, 0.6) is 0 Å². The van der Waals surface area contributed by atoms with Gasteiger partial charge >= 0.3 is 5.97 Å². The Labute approximate surface area is 196 Å². The molecule has 14 nitrogen and oxygen atoms in total. The van der Waals surface area contributed by atoms with Crippen LogP contribution in [0.25, 0.3) is 0 Å². The molecule has 0 fully saturated rings. The number of imidazole rings is 1. The van der Waals surface area contributed by atoms with Gasteiger partial charge < -0.3 is 42.6 Å². The quantitative estimate of drug-likeness (QED) is 0.127. The molecule has 1 aromatic heterocycles.